The smallest absolute Gasteiger partial charge is 0.314 e. The summed E-state index contributed by atoms with van der Waals surface area (Å²) in [6.07, 6.45) is 1.41. The quantitative estimate of drug-likeness (QED) is 0.674. The summed E-state index contributed by atoms with van der Waals surface area (Å²) in [5.74, 6) is -0.179. The molecule has 1 aromatic carbocycles. The van der Waals surface area contributed by atoms with E-state index in [-0.39, 0.29) is 16.9 Å². The first-order valence-corrected chi connectivity index (χ1v) is 7.63. The van der Waals surface area contributed by atoms with Crippen LogP contribution in [0.3, 0.4) is 0 Å². The average molecular weight is 347 g/mol. The number of carbonyl (C=O) groups is 1. The van der Waals surface area contributed by atoms with Crippen LogP contribution in [0.25, 0.3) is 11.2 Å². The molecular formula is C16H15ClN4O3. The number of nitrogens with zero attached hydrogens (tertiary/aromatic N) is 4. The first-order valence-electron chi connectivity index (χ1n) is 7.25. The van der Waals surface area contributed by atoms with Gasteiger partial charge >= 0.3 is 5.69 Å². The van der Waals surface area contributed by atoms with Crippen LogP contribution in [0.2, 0.25) is 5.02 Å². The number of aryl methyl sites for hydroxylation is 1. The van der Waals surface area contributed by atoms with Crippen LogP contribution < -0.4 is 11.2 Å². The third-order valence-electron chi connectivity index (χ3n) is 4.10. The molecule has 0 aliphatic heterocycles. The van der Waals surface area contributed by atoms with E-state index in [9.17, 15) is 14.4 Å². The zero-order valence-electron chi connectivity index (χ0n) is 13.4. The zero-order chi connectivity index (χ0) is 17.6. The minimum Gasteiger partial charge on any atom is -0.314 e. The number of rotatable bonds is 3. The Bertz CT molecular complexity index is 1060. The van der Waals surface area contributed by atoms with Gasteiger partial charge in [-0.2, -0.15) is 0 Å². The zero-order valence-corrected chi connectivity index (χ0v) is 14.1. The van der Waals surface area contributed by atoms with Gasteiger partial charge in [-0.05, 0) is 31.2 Å². The molecule has 0 fully saturated rings. The highest BCUT2D eigenvalue weighted by molar-refractivity contribution is 6.30. The molecule has 0 bridgehead atoms. The maximum Gasteiger partial charge on any atom is 0.332 e. The molecule has 8 heteroatoms. The first-order chi connectivity index (χ1) is 11.3. The molecule has 3 rings (SSSR count). The number of fused-ring (bicyclic) bond motifs is 1. The van der Waals surface area contributed by atoms with Gasteiger partial charge in [-0.3, -0.25) is 18.7 Å². The fourth-order valence-electron chi connectivity index (χ4n) is 2.64. The van der Waals surface area contributed by atoms with Crippen LogP contribution in [0.1, 0.15) is 23.3 Å². The Hall–Kier alpha value is -2.67. The summed E-state index contributed by atoms with van der Waals surface area (Å²) < 4.78 is 3.78. The molecule has 1 unspecified atom stereocenters. The molecule has 24 heavy (non-hydrogen) atoms. The third-order valence-corrected chi connectivity index (χ3v) is 4.35. The van der Waals surface area contributed by atoms with Gasteiger partial charge in [-0.1, -0.05) is 11.6 Å². The van der Waals surface area contributed by atoms with Crippen LogP contribution in [0, 0.1) is 0 Å². The van der Waals surface area contributed by atoms with Crippen LogP contribution in [0.5, 0.6) is 0 Å². The lowest BCUT2D eigenvalue weighted by Crippen LogP contribution is -2.38. The Labute approximate surface area is 141 Å². The number of hydrogen-bond donors (Lipinski definition) is 0. The number of benzene rings is 1. The van der Waals surface area contributed by atoms with Crippen molar-refractivity contribution < 1.29 is 4.79 Å². The molecule has 124 valence electrons. The van der Waals surface area contributed by atoms with Gasteiger partial charge in [0, 0.05) is 24.7 Å². The Morgan fingerprint density at radius 1 is 1.12 bits per heavy atom. The highest BCUT2D eigenvalue weighted by atomic mass is 35.5. The molecule has 0 spiro atoms. The minimum absolute atomic E-state index is 0.179. The first kappa shape index (κ1) is 16.2. The van der Waals surface area contributed by atoms with Gasteiger partial charge in [0.1, 0.15) is 0 Å². The second-order valence-electron chi connectivity index (χ2n) is 5.58. The van der Waals surface area contributed by atoms with E-state index < -0.39 is 17.3 Å². The molecule has 2 aromatic heterocycles. The predicted molar refractivity (Wildman–Crippen MR) is 90.7 cm³/mol. The Morgan fingerprint density at radius 3 is 2.38 bits per heavy atom. The van der Waals surface area contributed by atoms with Crippen molar-refractivity contribution >= 4 is 28.5 Å². The largest absolute Gasteiger partial charge is 0.332 e. The van der Waals surface area contributed by atoms with Crippen molar-refractivity contribution in [2.24, 2.45) is 14.1 Å². The summed E-state index contributed by atoms with van der Waals surface area (Å²) in [5, 5.41) is 0.538. The van der Waals surface area contributed by atoms with E-state index in [1.165, 1.54) is 29.6 Å². The van der Waals surface area contributed by atoms with Gasteiger partial charge in [0.25, 0.3) is 5.56 Å². The lowest BCUT2D eigenvalue weighted by molar-refractivity contribution is 0.0937. The minimum atomic E-state index is -0.652. The van der Waals surface area contributed by atoms with E-state index in [0.29, 0.717) is 10.6 Å². The van der Waals surface area contributed by atoms with E-state index in [1.807, 2.05) is 0 Å². The Morgan fingerprint density at radius 2 is 1.75 bits per heavy atom. The Balaban J connectivity index is 2.16. The second-order valence-corrected chi connectivity index (χ2v) is 6.01. The summed E-state index contributed by atoms with van der Waals surface area (Å²) in [5.41, 5.74) is -0.000509. The molecule has 0 aliphatic carbocycles. The summed E-state index contributed by atoms with van der Waals surface area (Å²) in [6, 6.07) is 5.89. The van der Waals surface area contributed by atoms with Crippen molar-refractivity contribution in [3.05, 3.63) is 62.0 Å². The molecule has 3 aromatic rings. The van der Waals surface area contributed by atoms with Crippen LogP contribution in [-0.2, 0) is 14.1 Å². The van der Waals surface area contributed by atoms with E-state index in [0.717, 1.165) is 4.57 Å². The van der Waals surface area contributed by atoms with Crippen LogP contribution in [0.4, 0.5) is 0 Å². The number of hydrogen-bond acceptors (Lipinski definition) is 4. The maximum absolute atomic E-state index is 12.7. The molecular weight excluding hydrogens is 332 g/mol. The summed E-state index contributed by atoms with van der Waals surface area (Å²) in [6.45, 7) is 1.68. The summed E-state index contributed by atoms with van der Waals surface area (Å²) >= 11 is 5.84. The molecule has 1 atom stereocenters. The highest BCUT2D eigenvalue weighted by Crippen LogP contribution is 2.19. The monoisotopic (exact) mass is 346 g/mol. The van der Waals surface area contributed by atoms with Crippen molar-refractivity contribution in [2.75, 3.05) is 0 Å². The van der Waals surface area contributed by atoms with Gasteiger partial charge in [0.15, 0.2) is 16.9 Å². The molecule has 0 aliphatic rings. The average Bonchev–Trinajstić information content (AvgIpc) is 3.02. The molecule has 0 amide bonds. The van der Waals surface area contributed by atoms with Crippen molar-refractivity contribution in [3.63, 3.8) is 0 Å². The fourth-order valence-corrected chi connectivity index (χ4v) is 2.77. The molecule has 0 saturated heterocycles. The topological polar surface area (TPSA) is 78.9 Å². The third kappa shape index (κ3) is 2.37. The van der Waals surface area contributed by atoms with Gasteiger partial charge in [0.2, 0.25) is 0 Å². The summed E-state index contributed by atoms with van der Waals surface area (Å²) in [7, 11) is 2.93. The summed E-state index contributed by atoms with van der Waals surface area (Å²) in [4.78, 5) is 41.2. The number of carbonyl (C=O) groups excluding carboxylic acids is 1. The maximum atomic E-state index is 12.7. The van der Waals surface area contributed by atoms with Crippen molar-refractivity contribution in [1.82, 2.24) is 18.7 Å². The number of halogens is 1. The fraction of sp³-hybridized carbons (Fsp3) is 0.250. The lowest BCUT2D eigenvalue weighted by Gasteiger charge is -2.14. The van der Waals surface area contributed by atoms with E-state index in [4.69, 9.17) is 11.6 Å². The van der Waals surface area contributed by atoms with Crippen LogP contribution in [-0.4, -0.2) is 24.5 Å². The molecule has 2 heterocycles. The predicted octanol–water partition coefficient (Wildman–Crippen LogP) is 1.53. The lowest BCUT2D eigenvalue weighted by atomic mass is 10.1. The number of imidazole rings is 1. The van der Waals surface area contributed by atoms with Crippen molar-refractivity contribution in [1.29, 1.82) is 0 Å². The van der Waals surface area contributed by atoms with Crippen LogP contribution in [0.15, 0.2) is 40.2 Å². The van der Waals surface area contributed by atoms with Gasteiger partial charge < -0.3 is 4.57 Å². The van der Waals surface area contributed by atoms with E-state index >= 15 is 0 Å². The van der Waals surface area contributed by atoms with Gasteiger partial charge in [-0.25, -0.2) is 9.78 Å². The van der Waals surface area contributed by atoms with Gasteiger partial charge in [-0.15, -0.1) is 0 Å². The molecule has 0 radical (unpaired) electrons. The Kier molecular flexibility index (Phi) is 3.88. The normalized spacial score (nSPS) is 12.5. The highest BCUT2D eigenvalue weighted by Gasteiger charge is 2.22. The molecule has 0 saturated carbocycles. The van der Waals surface area contributed by atoms with Crippen molar-refractivity contribution in [2.45, 2.75) is 13.0 Å². The van der Waals surface area contributed by atoms with E-state index in [2.05, 4.69) is 4.98 Å². The number of aromatic nitrogens is 4. The van der Waals surface area contributed by atoms with Crippen LogP contribution >= 0.6 is 11.6 Å². The number of ketones is 1. The molecule has 0 N–H and O–H groups in total. The standard InChI is InChI=1S/C16H15ClN4O3/c1-9(13(22)10-4-6-11(17)7-5-10)21-8-18-14-12(21)15(23)20(3)16(24)19(14)2/h4-9H,1-3H3. The number of Topliss-reactive ketones (excluding diaryl/α,β-unsaturated/α-hetero) is 1. The van der Waals surface area contributed by atoms with Crippen molar-refractivity contribution in [3.8, 4) is 0 Å². The second kappa shape index (κ2) is 5.76. The SMILES string of the molecule is CC(C(=O)c1ccc(Cl)cc1)n1cnc2c1c(=O)n(C)c(=O)n2C. The van der Waals surface area contributed by atoms with Gasteiger partial charge in [0.05, 0.1) is 12.4 Å². The molecule has 7 nitrogen and oxygen atoms in total. The van der Waals surface area contributed by atoms with E-state index in [1.54, 1.807) is 31.2 Å².